The Labute approximate surface area is 119 Å². The van der Waals surface area contributed by atoms with Crippen molar-refractivity contribution in [3.63, 3.8) is 0 Å². The fourth-order valence-electron chi connectivity index (χ4n) is 2.07. The van der Waals surface area contributed by atoms with E-state index in [9.17, 15) is 0 Å². The molecule has 3 nitrogen and oxygen atoms in total. The Kier molecular flexibility index (Phi) is 4.05. The van der Waals surface area contributed by atoms with Gasteiger partial charge in [-0.1, -0.05) is 23.7 Å². The summed E-state index contributed by atoms with van der Waals surface area (Å²) in [5.74, 6) is 0.870. The first-order valence-corrected chi connectivity index (χ1v) is 6.76. The van der Waals surface area contributed by atoms with Crippen LogP contribution >= 0.6 is 11.6 Å². The van der Waals surface area contributed by atoms with Gasteiger partial charge in [0.05, 0.1) is 0 Å². The summed E-state index contributed by atoms with van der Waals surface area (Å²) in [5.41, 5.74) is 4.41. The Bertz CT molecular complexity index is 596. The van der Waals surface area contributed by atoms with Crippen LogP contribution in [0.2, 0.25) is 5.15 Å². The quantitative estimate of drug-likeness (QED) is 0.840. The largest absolute Gasteiger partial charge is 0.325 e. The van der Waals surface area contributed by atoms with E-state index in [0.29, 0.717) is 5.15 Å². The molecular formula is C15H18ClN3. The van der Waals surface area contributed by atoms with Gasteiger partial charge in [0.1, 0.15) is 0 Å². The van der Waals surface area contributed by atoms with E-state index in [4.69, 9.17) is 11.6 Å². The van der Waals surface area contributed by atoms with E-state index in [0.717, 1.165) is 29.2 Å². The fourth-order valence-corrected chi connectivity index (χ4v) is 2.25. The van der Waals surface area contributed by atoms with Crippen LogP contribution in [0.4, 0.5) is 11.5 Å². The second-order valence-corrected chi connectivity index (χ2v) is 5.01. The Hall–Kier alpha value is -1.61. The average Bonchev–Trinajstić information content (AvgIpc) is 2.40. The lowest BCUT2D eigenvalue weighted by Crippen LogP contribution is -2.19. The zero-order valence-corrected chi connectivity index (χ0v) is 12.5. The molecule has 0 saturated carbocycles. The molecule has 0 amide bonds. The lowest BCUT2D eigenvalue weighted by atomic mass is 10.1. The van der Waals surface area contributed by atoms with Gasteiger partial charge in [-0.2, -0.15) is 0 Å². The standard InChI is InChI=1S/C15H18ClN3/c1-5-19(13-8-6-7-10(2)9-13)15-12(4)11(3)14(16)17-18-15/h6-9H,5H2,1-4H3. The number of aryl methyl sites for hydroxylation is 1. The molecule has 100 valence electrons. The summed E-state index contributed by atoms with van der Waals surface area (Å²) in [5, 5.41) is 8.76. The van der Waals surface area contributed by atoms with Gasteiger partial charge < -0.3 is 4.90 Å². The van der Waals surface area contributed by atoms with E-state index >= 15 is 0 Å². The lowest BCUT2D eigenvalue weighted by molar-refractivity contribution is 0.911. The van der Waals surface area contributed by atoms with Gasteiger partial charge in [-0.25, -0.2) is 0 Å². The number of aromatic nitrogens is 2. The van der Waals surface area contributed by atoms with Crippen LogP contribution in [0.5, 0.6) is 0 Å². The topological polar surface area (TPSA) is 29.0 Å². The molecule has 0 aliphatic carbocycles. The first kappa shape index (κ1) is 13.8. The van der Waals surface area contributed by atoms with Crippen molar-refractivity contribution in [2.24, 2.45) is 0 Å². The molecule has 0 N–H and O–H groups in total. The molecule has 2 rings (SSSR count). The van der Waals surface area contributed by atoms with E-state index in [1.165, 1.54) is 5.56 Å². The Morgan fingerprint density at radius 1 is 1.11 bits per heavy atom. The number of hydrogen-bond acceptors (Lipinski definition) is 3. The maximum absolute atomic E-state index is 6.01. The summed E-state index contributed by atoms with van der Waals surface area (Å²) in [6.07, 6.45) is 0. The fraction of sp³-hybridized carbons (Fsp3) is 0.333. The van der Waals surface area contributed by atoms with Crippen LogP contribution in [0, 0.1) is 20.8 Å². The van der Waals surface area contributed by atoms with Gasteiger partial charge in [-0.3, -0.25) is 0 Å². The summed E-state index contributed by atoms with van der Waals surface area (Å²) >= 11 is 6.01. The number of hydrogen-bond donors (Lipinski definition) is 0. The van der Waals surface area contributed by atoms with Gasteiger partial charge in [0.25, 0.3) is 0 Å². The van der Waals surface area contributed by atoms with E-state index in [1.807, 2.05) is 13.8 Å². The van der Waals surface area contributed by atoms with E-state index in [-0.39, 0.29) is 0 Å². The molecule has 1 aromatic carbocycles. The van der Waals surface area contributed by atoms with Gasteiger partial charge in [-0.15, -0.1) is 10.2 Å². The van der Waals surface area contributed by atoms with Gasteiger partial charge in [0.15, 0.2) is 11.0 Å². The van der Waals surface area contributed by atoms with Crippen molar-refractivity contribution in [3.05, 3.63) is 46.1 Å². The smallest absolute Gasteiger partial charge is 0.158 e. The first-order valence-electron chi connectivity index (χ1n) is 6.38. The van der Waals surface area contributed by atoms with Crippen molar-refractivity contribution in [2.45, 2.75) is 27.7 Å². The minimum absolute atomic E-state index is 0.474. The Morgan fingerprint density at radius 3 is 2.47 bits per heavy atom. The molecule has 0 unspecified atom stereocenters. The van der Waals surface area contributed by atoms with Crippen LogP contribution in [0.3, 0.4) is 0 Å². The van der Waals surface area contributed by atoms with E-state index in [1.54, 1.807) is 0 Å². The van der Waals surface area contributed by atoms with Gasteiger partial charge in [-0.05, 0) is 56.5 Å². The number of benzene rings is 1. The number of rotatable bonds is 3. The predicted octanol–water partition coefficient (Wildman–Crippen LogP) is 4.21. The molecule has 4 heteroatoms. The third kappa shape index (κ3) is 2.71. The maximum atomic E-state index is 6.01. The summed E-state index contributed by atoms with van der Waals surface area (Å²) < 4.78 is 0. The molecule has 19 heavy (non-hydrogen) atoms. The van der Waals surface area contributed by atoms with E-state index in [2.05, 4.69) is 53.2 Å². The molecule has 0 aliphatic rings. The number of anilines is 2. The van der Waals surface area contributed by atoms with Crippen molar-refractivity contribution in [3.8, 4) is 0 Å². The van der Waals surface area contributed by atoms with Crippen LogP contribution in [0.15, 0.2) is 24.3 Å². The van der Waals surface area contributed by atoms with Gasteiger partial charge in [0.2, 0.25) is 0 Å². The predicted molar refractivity (Wildman–Crippen MR) is 80.4 cm³/mol. The summed E-state index contributed by atoms with van der Waals surface area (Å²) in [6, 6.07) is 8.37. The van der Waals surface area contributed by atoms with Crippen molar-refractivity contribution in [1.82, 2.24) is 10.2 Å². The molecule has 1 heterocycles. The average molecular weight is 276 g/mol. The lowest BCUT2D eigenvalue weighted by Gasteiger charge is -2.24. The Balaban J connectivity index is 2.51. The van der Waals surface area contributed by atoms with Crippen molar-refractivity contribution in [1.29, 1.82) is 0 Å². The van der Waals surface area contributed by atoms with Crippen molar-refractivity contribution < 1.29 is 0 Å². The molecule has 0 fully saturated rings. The highest BCUT2D eigenvalue weighted by Crippen LogP contribution is 2.29. The van der Waals surface area contributed by atoms with Crippen LogP contribution in [-0.2, 0) is 0 Å². The summed E-state index contributed by atoms with van der Waals surface area (Å²) in [6.45, 7) is 9.03. The second kappa shape index (κ2) is 5.57. The highest BCUT2D eigenvalue weighted by atomic mass is 35.5. The highest BCUT2D eigenvalue weighted by molar-refractivity contribution is 6.30. The zero-order chi connectivity index (χ0) is 14.0. The molecule has 1 aromatic heterocycles. The monoisotopic (exact) mass is 275 g/mol. The second-order valence-electron chi connectivity index (χ2n) is 4.65. The molecule has 2 aromatic rings. The zero-order valence-electron chi connectivity index (χ0n) is 11.7. The third-order valence-corrected chi connectivity index (χ3v) is 3.68. The molecular weight excluding hydrogens is 258 g/mol. The first-order chi connectivity index (χ1) is 9.04. The molecule has 0 spiro atoms. The van der Waals surface area contributed by atoms with E-state index < -0.39 is 0 Å². The molecule has 0 saturated heterocycles. The number of nitrogens with zero attached hydrogens (tertiary/aromatic N) is 3. The minimum Gasteiger partial charge on any atom is -0.325 e. The van der Waals surface area contributed by atoms with Crippen LogP contribution in [0.25, 0.3) is 0 Å². The Morgan fingerprint density at radius 2 is 1.84 bits per heavy atom. The van der Waals surface area contributed by atoms with Crippen LogP contribution in [-0.4, -0.2) is 16.7 Å². The van der Waals surface area contributed by atoms with Crippen LogP contribution < -0.4 is 4.90 Å². The molecule has 0 atom stereocenters. The normalized spacial score (nSPS) is 10.6. The minimum atomic E-state index is 0.474. The van der Waals surface area contributed by atoms with Crippen molar-refractivity contribution >= 4 is 23.1 Å². The summed E-state index contributed by atoms with van der Waals surface area (Å²) in [4.78, 5) is 2.15. The summed E-state index contributed by atoms with van der Waals surface area (Å²) in [7, 11) is 0. The SMILES string of the molecule is CCN(c1cccc(C)c1)c1nnc(Cl)c(C)c1C. The van der Waals surface area contributed by atoms with Gasteiger partial charge >= 0.3 is 0 Å². The maximum Gasteiger partial charge on any atom is 0.158 e. The molecule has 0 bridgehead atoms. The van der Waals surface area contributed by atoms with Crippen LogP contribution in [0.1, 0.15) is 23.6 Å². The molecule has 0 aliphatic heterocycles. The highest BCUT2D eigenvalue weighted by Gasteiger charge is 2.15. The van der Waals surface area contributed by atoms with Gasteiger partial charge in [0, 0.05) is 12.2 Å². The number of halogens is 1. The third-order valence-electron chi connectivity index (χ3n) is 3.33. The molecule has 0 radical (unpaired) electrons. The van der Waals surface area contributed by atoms with Crippen molar-refractivity contribution in [2.75, 3.05) is 11.4 Å².